The molecule has 0 aromatic carbocycles. The minimum atomic E-state index is -4.32. The molecule has 0 radical (unpaired) electrons. The molecule has 2 atom stereocenters. The van der Waals surface area contributed by atoms with Gasteiger partial charge < -0.3 is 19.9 Å². The number of aliphatic carboxylic acids is 2. The summed E-state index contributed by atoms with van der Waals surface area (Å²) in [5.74, 6) is -2.35. The molecule has 4 N–H and O–H groups in total. The van der Waals surface area contributed by atoms with E-state index in [-0.39, 0.29) is 19.1 Å². The van der Waals surface area contributed by atoms with Crippen molar-refractivity contribution in [3.05, 3.63) is 0 Å². The summed E-state index contributed by atoms with van der Waals surface area (Å²) in [6.45, 7) is -0.499. The van der Waals surface area contributed by atoms with Crippen LogP contribution in [-0.2, 0) is 23.5 Å². The van der Waals surface area contributed by atoms with Gasteiger partial charge in [0.2, 0.25) is 0 Å². The Labute approximate surface area is 102 Å². The maximum atomic E-state index is 11.3. The van der Waals surface area contributed by atoms with Crippen molar-refractivity contribution in [1.82, 2.24) is 5.09 Å². The zero-order chi connectivity index (χ0) is 14.2. The highest BCUT2D eigenvalue weighted by molar-refractivity contribution is 7.50. The normalized spacial score (nSPS) is 15.6. The van der Waals surface area contributed by atoms with E-state index < -0.39 is 38.8 Å². The van der Waals surface area contributed by atoms with Gasteiger partial charge >= 0.3 is 19.7 Å². The molecule has 0 aliphatic rings. The maximum Gasteiger partial charge on any atom is 0.403 e. The van der Waals surface area contributed by atoms with Gasteiger partial charge in [0, 0.05) is 6.42 Å². The number of carboxylic acids is 2. The third-order valence-corrected chi connectivity index (χ3v) is 2.94. The third kappa shape index (κ3) is 8.82. The van der Waals surface area contributed by atoms with Crippen molar-refractivity contribution in [2.75, 3.05) is 6.61 Å². The number of carbonyl (C=O) groups is 3. The van der Waals surface area contributed by atoms with Gasteiger partial charge in [-0.1, -0.05) is 0 Å². The van der Waals surface area contributed by atoms with Crippen LogP contribution in [0.3, 0.4) is 0 Å². The summed E-state index contributed by atoms with van der Waals surface area (Å²) in [4.78, 5) is 40.2. The van der Waals surface area contributed by atoms with E-state index in [9.17, 15) is 23.8 Å². The second-order valence-electron chi connectivity index (χ2n) is 3.30. The number of rotatable bonds is 10. The lowest BCUT2D eigenvalue weighted by atomic mass is 10.2. The van der Waals surface area contributed by atoms with Crippen molar-refractivity contribution in [3.63, 3.8) is 0 Å². The van der Waals surface area contributed by atoms with E-state index >= 15 is 0 Å². The highest BCUT2D eigenvalue weighted by Crippen LogP contribution is 2.37. The molecule has 104 valence electrons. The van der Waals surface area contributed by atoms with Gasteiger partial charge in [0.15, 0.2) is 0 Å². The van der Waals surface area contributed by atoms with Gasteiger partial charge in [-0.25, -0.2) is 9.65 Å². The molecule has 1 unspecified atom stereocenters. The fourth-order valence-corrected chi connectivity index (χ4v) is 1.97. The monoisotopic (exact) mass is 283 g/mol. The van der Waals surface area contributed by atoms with Crippen LogP contribution in [0.15, 0.2) is 0 Å². The molecule has 0 aliphatic heterocycles. The predicted octanol–water partition coefficient (Wildman–Crippen LogP) is -0.400. The van der Waals surface area contributed by atoms with Crippen molar-refractivity contribution in [3.8, 4) is 0 Å². The Balaban J connectivity index is 4.17. The van der Waals surface area contributed by atoms with E-state index in [1.807, 2.05) is 5.09 Å². The van der Waals surface area contributed by atoms with E-state index in [4.69, 9.17) is 10.2 Å². The summed E-state index contributed by atoms with van der Waals surface area (Å²) in [5, 5.41) is 18.6. The average Bonchev–Trinajstić information content (AvgIpc) is 2.23. The van der Waals surface area contributed by atoms with Gasteiger partial charge in [0.05, 0.1) is 19.1 Å². The van der Waals surface area contributed by atoms with Crippen LogP contribution in [0.2, 0.25) is 0 Å². The van der Waals surface area contributed by atoms with Crippen molar-refractivity contribution < 1.29 is 38.6 Å². The second-order valence-corrected chi connectivity index (χ2v) is 4.86. The molecular formula is C8H14NO8P. The molecule has 0 saturated carbocycles. The predicted molar refractivity (Wildman–Crippen MR) is 57.9 cm³/mol. The van der Waals surface area contributed by atoms with E-state index in [2.05, 4.69) is 4.52 Å². The van der Waals surface area contributed by atoms with Crippen LogP contribution >= 0.6 is 7.75 Å². The summed E-state index contributed by atoms with van der Waals surface area (Å²) in [6.07, 6.45) is -0.712. The molecule has 10 heteroatoms. The number of nitrogens with one attached hydrogen (secondary N) is 1. The fraction of sp³-hybridized carbons (Fsp3) is 0.625. The third-order valence-electron chi connectivity index (χ3n) is 1.74. The minimum absolute atomic E-state index is 0.175. The fourth-order valence-electron chi connectivity index (χ4n) is 0.946. The van der Waals surface area contributed by atoms with Gasteiger partial charge in [-0.15, -0.1) is 0 Å². The summed E-state index contributed by atoms with van der Waals surface area (Å²) in [6, 6.07) is -1.15. The number of aldehydes is 1. The van der Waals surface area contributed by atoms with Crippen LogP contribution in [0.5, 0.6) is 0 Å². The molecule has 0 aromatic heterocycles. The van der Waals surface area contributed by atoms with Crippen LogP contribution in [0.1, 0.15) is 19.3 Å². The Morgan fingerprint density at radius 2 is 1.83 bits per heavy atom. The quantitative estimate of drug-likeness (QED) is 0.310. The van der Waals surface area contributed by atoms with Crippen molar-refractivity contribution in [2.24, 2.45) is 0 Å². The van der Waals surface area contributed by atoms with Gasteiger partial charge in [0.25, 0.3) is 0 Å². The second kappa shape index (κ2) is 7.93. The topological polar surface area (TPSA) is 150 Å². The number of carboxylic acid groups (broad SMARTS) is 2. The zero-order valence-corrected chi connectivity index (χ0v) is 10.2. The number of hydrogen-bond donors (Lipinski definition) is 4. The van der Waals surface area contributed by atoms with Crippen molar-refractivity contribution in [1.29, 1.82) is 0 Å². The number of carbonyl (C=O) groups excluding carboxylic acids is 1. The minimum Gasteiger partial charge on any atom is -0.481 e. The standard InChI is InChI=1S/C8H14NO8P/c10-5-6(1-2-7(11)12)9-18(15,16)17-4-3-8(13)14/h5-6H,1-4H2,(H,11,12)(H,13,14)(H2,9,15,16)/t6-/m0/s1. The molecule has 0 saturated heterocycles. The molecule has 0 spiro atoms. The molecule has 9 nitrogen and oxygen atoms in total. The summed E-state index contributed by atoms with van der Waals surface area (Å²) in [5.41, 5.74) is 0. The zero-order valence-electron chi connectivity index (χ0n) is 9.31. The molecule has 0 rings (SSSR count). The Morgan fingerprint density at radius 1 is 1.28 bits per heavy atom. The van der Waals surface area contributed by atoms with Gasteiger partial charge in [0.1, 0.15) is 6.29 Å². The molecule has 0 heterocycles. The lowest BCUT2D eigenvalue weighted by Crippen LogP contribution is -2.29. The highest BCUT2D eigenvalue weighted by Gasteiger charge is 2.24. The highest BCUT2D eigenvalue weighted by atomic mass is 31.2. The Hall–Kier alpha value is -1.28. The van der Waals surface area contributed by atoms with Gasteiger partial charge in [-0.05, 0) is 6.42 Å². The Bertz CT molecular complexity index is 357. The Kier molecular flexibility index (Phi) is 7.37. The van der Waals surface area contributed by atoms with Crippen LogP contribution in [-0.4, -0.2) is 46.0 Å². The molecule has 0 aromatic rings. The van der Waals surface area contributed by atoms with E-state index in [0.29, 0.717) is 0 Å². The number of hydrogen-bond acceptors (Lipinski definition) is 5. The molecule has 0 fully saturated rings. The first-order chi connectivity index (χ1) is 8.26. The van der Waals surface area contributed by atoms with Gasteiger partial charge in [-0.3, -0.25) is 14.1 Å². The maximum absolute atomic E-state index is 11.3. The Morgan fingerprint density at radius 3 is 2.28 bits per heavy atom. The van der Waals surface area contributed by atoms with E-state index in [1.165, 1.54) is 0 Å². The molecule has 18 heavy (non-hydrogen) atoms. The van der Waals surface area contributed by atoms with Crippen molar-refractivity contribution in [2.45, 2.75) is 25.3 Å². The first-order valence-electron chi connectivity index (χ1n) is 4.91. The molecule has 0 aliphatic carbocycles. The smallest absolute Gasteiger partial charge is 0.403 e. The molecule has 0 bridgehead atoms. The summed E-state index contributed by atoms with van der Waals surface area (Å²) < 4.78 is 15.7. The summed E-state index contributed by atoms with van der Waals surface area (Å²) >= 11 is 0. The first-order valence-corrected chi connectivity index (χ1v) is 6.48. The SMILES string of the molecule is O=C[C@H](CCC(=O)O)NP(=O)(O)OCCC(=O)O. The van der Waals surface area contributed by atoms with E-state index in [0.717, 1.165) is 0 Å². The molecule has 0 amide bonds. The largest absolute Gasteiger partial charge is 0.481 e. The van der Waals surface area contributed by atoms with Gasteiger partial charge in [-0.2, -0.15) is 0 Å². The first kappa shape index (κ1) is 16.7. The van der Waals surface area contributed by atoms with Crippen LogP contribution in [0.25, 0.3) is 0 Å². The van der Waals surface area contributed by atoms with Crippen LogP contribution < -0.4 is 5.09 Å². The average molecular weight is 283 g/mol. The summed E-state index contributed by atoms with van der Waals surface area (Å²) in [7, 11) is -4.32. The van der Waals surface area contributed by atoms with Crippen LogP contribution in [0.4, 0.5) is 0 Å². The lowest BCUT2D eigenvalue weighted by molar-refractivity contribution is -0.138. The lowest BCUT2D eigenvalue weighted by Gasteiger charge is -2.16. The van der Waals surface area contributed by atoms with E-state index in [1.54, 1.807) is 0 Å². The molecular weight excluding hydrogens is 269 g/mol. The van der Waals surface area contributed by atoms with Crippen molar-refractivity contribution >= 4 is 26.0 Å². The van der Waals surface area contributed by atoms with Crippen LogP contribution in [0, 0.1) is 0 Å².